The van der Waals surface area contributed by atoms with Crippen molar-refractivity contribution in [2.24, 2.45) is 5.92 Å². The van der Waals surface area contributed by atoms with Gasteiger partial charge in [0.2, 0.25) is 0 Å². The lowest BCUT2D eigenvalue weighted by Gasteiger charge is -2.36. The van der Waals surface area contributed by atoms with Crippen molar-refractivity contribution in [2.45, 2.75) is 58.6 Å². The SMILES string of the molecule is CCNC(C)C1CCN(CCC(C)(C)O)CC1. The Morgan fingerprint density at radius 1 is 1.35 bits per heavy atom. The lowest BCUT2D eigenvalue weighted by atomic mass is 9.90. The molecule has 0 radical (unpaired) electrons. The van der Waals surface area contributed by atoms with Crippen molar-refractivity contribution in [2.75, 3.05) is 26.2 Å². The van der Waals surface area contributed by atoms with Crippen molar-refractivity contribution in [3.8, 4) is 0 Å². The van der Waals surface area contributed by atoms with Gasteiger partial charge >= 0.3 is 0 Å². The van der Waals surface area contributed by atoms with Crippen LogP contribution in [0.25, 0.3) is 0 Å². The predicted octanol–water partition coefficient (Wildman–Crippen LogP) is 1.86. The number of aliphatic hydroxyl groups is 1. The maximum absolute atomic E-state index is 9.72. The molecule has 17 heavy (non-hydrogen) atoms. The maximum atomic E-state index is 9.72. The van der Waals surface area contributed by atoms with Crippen LogP contribution in [0.1, 0.15) is 47.0 Å². The zero-order valence-corrected chi connectivity index (χ0v) is 12.0. The summed E-state index contributed by atoms with van der Waals surface area (Å²) in [4.78, 5) is 2.49. The fourth-order valence-corrected chi connectivity index (χ4v) is 2.60. The third-order valence-electron chi connectivity index (χ3n) is 3.91. The quantitative estimate of drug-likeness (QED) is 0.746. The van der Waals surface area contributed by atoms with Gasteiger partial charge in [0, 0.05) is 12.6 Å². The highest BCUT2D eigenvalue weighted by Gasteiger charge is 2.24. The highest BCUT2D eigenvalue weighted by Crippen LogP contribution is 2.21. The first-order chi connectivity index (χ1) is 7.92. The number of piperidine rings is 1. The summed E-state index contributed by atoms with van der Waals surface area (Å²) >= 11 is 0. The van der Waals surface area contributed by atoms with E-state index in [9.17, 15) is 5.11 Å². The fraction of sp³-hybridized carbons (Fsp3) is 1.00. The van der Waals surface area contributed by atoms with Gasteiger partial charge in [0.05, 0.1) is 5.60 Å². The van der Waals surface area contributed by atoms with Crippen molar-refractivity contribution < 1.29 is 5.11 Å². The van der Waals surface area contributed by atoms with Crippen molar-refractivity contribution in [3.63, 3.8) is 0 Å². The molecule has 1 aliphatic rings. The molecule has 0 aliphatic carbocycles. The molecule has 0 aromatic carbocycles. The van der Waals surface area contributed by atoms with E-state index in [0.29, 0.717) is 6.04 Å². The Morgan fingerprint density at radius 2 is 1.94 bits per heavy atom. The fourth-order valence-electron chi connectivity index (χ4n) is 2.60. The molecule has 1 saturated heterocycles. The van der Waals surface area contributed by atoms with Crippen LogP contribution in [0.2, 0.25) is 0 Å². The molecular formula is C14H30N2O. The van der Waals surface area contributed by atoms with E-state index in [1.165, 1.54) is 25.9 Å². The summed E-state index contributed by atoms with van der Waals surface area (Å²) in [5.74, 6) is 0.827. The van der Waals surface area contributed by atoms with E-state index in [1.54, 1.807) is 0 Å². The van der Waals surface area contributed by atoms with Crippen LogP contribution in [0.15, 0.2) is 0 Å². The smallest absolute Gasteiger partial charge is 0.0603 e. The molecule has 0 bridgehead atoms. The molecule has 0 aromatic rings. The van der Waals surface area contributed by atoms with Gasteiger partial charge in [-0.05, 0) is 65.6 Å². The number of hydrogen-bond donors (Lipinski definition) is 2. The first-order valence-electron chi connectivity index (χ1n) is 7.10. The van der Waals surface area contributed by atoms with Crippen molar-refractivity contribution in [1.29, 1.82) is 0 Å². The Balaban J connectivity index is 2.21. The van der Waals surface area contributed by atoms with E-state index in [0.717, 1.165) is 25.4 Å². The third-order valence-corrected chi connectivity index (χ3v) is 3.91. The summed E-state index contributed by atoms with van der Waals surface area (Å²) in [5.41, 5.74) is -0.520. The summed E-state index contributed by atoms with van der Waals surface area (Å²) in [6.45, 7) is 12.8. The van der Waals surface area contributed by atoms with Gasteiger partial charge in [0.25, 0.3) is 0 Å². The number of nitrogens with zero attached hydrogens (tertiary/aromatic N) is 1. The molecule has 3 heteroatoms. The lowest BCUT2D eigenvalue weighted by molar-refractivity contribution is 0.0507. The molecule has 102 valence electrons. The van der Waals surface area contributed by atoms with E-state index in [-0.39, 0.29) is 0 Å². The van der Waals surface area contributed by atoms with Gasteiger partial charge < -0.3 is 15.3 Å². The van der Waals surface area contributed by atoms with Crippen LogP contribution >= 0.6 is 0 Å². The Kier molecular flexibility index (Phi) is 5.90. The van der Waals surface area contributed by atoms with Crippen molar-refractivity contribution in [1.82, 2.24) is 10.2 Å². The van der Waals surface area contributed by atoms with Gasteiger partial charge in [-0.2, -0.15) is 0 Å². The maximum Gasteiger partial charge on any atom is 0.0603 e. The van der Waals surface area contributed by atoms with Crippen molar-refractivity contribution in [3.05, 3.63) is 0 Å². The minimum absolute atomic E-state index is 0.520. The Morgan fingerprint density at radius 3 is 2.41 bits per heavy atom. The first kappa shape index (κ1) is 14.9. The van der Waals surface area contributed by atoms with Crippen LogP contribution in [-0.4, -0.2) is 47.8 Å². The highest BCUT2D eigenvalue weighted by molar-refractivity contribution is 4.80. The number of likely N-dealkylation sites (tertiary alicyclic amines) is 1. The predicted molar refractivity (Wildman–Crippen MR) is 73.2 cm³/mol. The Hall–Kier alpha value is -0.120. The van der Waals surface area contributed by atoms with E-state index < -0.39 is 5.60 Å². The molecule has 1 aliphatic heterocycles. The van der Waals surface area contributed by atoms with E-state index >= 15 is 0 Å². The number of nitrogens with one attached hydrogen (secondary N) is 1. The minimum atomic E-state index is -0.520. The van der Waals surface area contributed by atoms with Crippen LogP contribution in [0.4, 0.5) is 0 Å². The van der Waals surface area contributed by atoms with Gasteiger partial charge in [-0.15, -0.1) is 0 Å². The summed E-state index contributed by atoms with van der Waals surface area (Å²) in [5, 5.41) is 13.2. The molecular weight excluding hydrogens is 212 g/mol. The van der Waals surface area contributed by atoms with E-state index in [4.69, 9.17) is 0 Å². The average Bonchev–Trinajstić information content (AvgIpc) is 2.26. The molecule has 1 fully saturated rings. The molecule has 1 heterocycles. The summed E-state index contributed by atoms with van der Waals surface area (Å²) in [6, 6.07) is 0.649. The van der Waals surface area contributed by atoms with Gasteiger partial charge in [0.1, 0.15) is 0 Å². The van der Waals surface area contributed by atoms with Crippen LogP contribution < -0.4 is 5.32 Å². The van der Waals surface area contributed by atoms with Gasteiger partial charge in [-0.25, -0.2) is 0 Å². The second-order valence-electron chi connectivity index (χ2n) is 6.09. The van der Waals surface area contributed by atoms with Crippen LogP contribution in [0, 0.1) is 5.92 Å². The Labute approximate surface area is 107 Å². The number of hydrogen-bond acceptors (Lipinski definition) is 3. The van der Waals surface area contributed by atoms with Gasteiger partial charge in [-0.1, -0.05) is 6.92 Å². The van der Waals surface area contributed by atoms with Crippen molar-refractivity contribution >= 4 is 0 Å². The van der Waals surface area contributed by atoms with E-state index in [2.05, 4.69) is 24.1 Å². The summed E-state index contributed by atoms with van der Waals surface area (Å²) in [6.07, 6.45) is 3.46. The monoisotopic (exact) mass is 242 g/mol. The van der Waals surface area contributed by atoms with E-state index in [1.807, 2.05) is 13.8 Å². The van der Waals surface area contributed by atoms with Gasteiger partial charge in [-0.3, -0.25) is 0 Å². The third kappa shape index (κ3) is 5.84. The molecule has 1 rings (SSSR count). The topological polar surface area (TPSA) is 35.5 Å². The summed E-state index contributed by atoms with van der Waals surface area (Å²) in [7, 11) is 0. The number of rotatable bonds is 6. The normalized spacial score (nSPS) is 21.7. The van der Waals surface area contributed by atoms with Crippen LogP contribution in [0.3, 0.4) is 0 Å². The molecule has 2 N–H and O–H groups in total. The molecule has 1 atom stereocenters. The lowest BCUT2D eigenvalue weighted by Crippen LogP contribution is -2.43. The van der Waals surface area contributed by atoms with Crippen LogP contribution in [-0.2, 0) is 0 Å². The second kappa shape index (κ2) is 6.72. The molecule has 1 unspecified atom stereocenters. The molecule has 0 aromatic heterocycles. The average molecular weight is 242 g/mol. The molecule has 0 spiro atoms. The molecule has 3 nitrogen and oxygen atoms in total. The second-order valence-corrected chi connectivity index (χ2v) is 6.09. The molecule has 0 saturated carbocycles. The van der Waals surface area contributed by atoms with Crippen LogP contribution in [0.5, 0.6) is 0 Å². The largest absolute Gasteiger partial charge is 0.390 e. The Bertz CT molecular complexity index is 205. The minimum Gasteiger partial charge on any atom is -0.390 e. The zero-order chi connectivity index (χ0) is 12.9. The highest BCUT2D eigenvalue weighted by atomic mass is 16.3. The summed E-state index contributed by atoms with van der Waals surface area (Å²) < 4.78 is 0. The first-order valence-corrected chi connectivity index (χ1v) is 7.10. The van der Waals surface area contributed by atoms with Gasteiger partial charge in [0.15, 0.2) is 0 Å². The standard InChI is InChI=1S/C14H30N2O/c1-5-15-12(2)13-6-9-16(10-7-13)11-8-14(3,4)17/h12-13,15,17H,5-11H2,1-4H3. The zero-order valence-electron chi connectivity index (χ0n) is 12.0. The molecule has 0 amide bonds.